The van der Waals surface area contributed by atoms with Gasteiger partial charge in [0.25, 0.3) is 0 Å². The van der Waals surface area contributed by atoms with Gasteiger partial charge in [-0.1, -0.05) is 82.9 Å². The summed E-state index contributed by atoms with van der Waals surface area (Å²) in [7, 11) is 3.28. The number of amides is 1. The molecule has 6 heteroatoms. The number of unbranched alkanes of at least 4 members (excludes halogenated alkanes) is 12. The molecule has 0 saturated carbocycles. The first kappa shape index (κ1) is 30.6. The van der Waals surface area contributed by atoms with Crippen molar-refractivity contribution in [3.63, 3.8) is 0 Å². The maximum atomic E-state index is 12.6. The van der Waals surface area contributed by atoms with Gasteiger partial charge in [0, 0.05) is 12.3 Å². The molecule has 1 unspecified atom stereocenters. The predicted molar refractivity (Wildman–Crippen MR) is 154 cm³/mol. The summed E-state index contributed by atoms with van der Waals surface area (Å²) in [5, 5.41) is 6.66. The lowest BCUT2D eigenvalue weighted by Gasteiger charge is -2.15. The van der Waals surface area contributed by atoms with Crippen molar-refractivity contribution in [1.82, 2.24) is 10.6 Å². The van der Waals surface area contributed by atoms with Crippen LogP contribution in [0.25, 0.3) is 0 Å². The normalized spacial score (nSPS) is 17.5. The lowest BCUT2D eigenvalue weighted by Crippen LogP contribution is -2.42. The van der Waals surface area contributed by atoms with Crippen LogP contribution in [0.5, 0.6) is 11.5 Å². The van der Waals surface area contributed by atoms with E-state index in [1.165, 1.54) is 83.5 Å². The number of thioether (sulfide) groups is 1. The summed E-state index contributed by atoms with van der Waals surface area (Å²) in [4.78, 5) is 12.6. The molecule has 1 amide bonds. The zero-order chi connectivity index (χ0) is 25.8. The number of benzene rings is 1. The number of nitrogens with one attached hydrogen (secondary N) is 2. The molecule has 1 aliphatic rings. The number of allylic oxidation sites excluding steroid dienone is 2. The number of hydrogen-bond acceptors (Lipinski definition) is 5. The van der Waals surface area contributed by atoms with Crippen LogP contribution >= 0.6 is 11.8 Å². The number of ether oxygens (including phenoxy) is 2. The van der Waals surface area contributed by atoms with Gasteiger partial charge in [-0.15, -0.1) is 11.8 Å². The molecule has 1 aliphatic heterocycles. The maximum Gasteiger partial charge on any atom is 0.238 e. The minimum atomic E-state index is -0.152. The molecule has 1 aromatic rings. The highest BCUT2D eigenvalue weighted by atomic mass is 32.2. The van der Waals surface area contributed by atoms with E-state index in [1.807, 2.05) is 18.2 Å². The highest BCUT2D eigenvalue weighted by molar-refractivity contribution is 7.99. The molecule has 204 valence electrons. The molecule has 5 nitrogen and oxygen atoms in total. The van der Waals surface area contributed by atoms with Gasteiger partial charge in [-0.05, 0) is 49.8 Å². The molecule has 1 heterocycles. The number of methoxy groups -OCH3 is 2. The molecular weight excluding hydrogens is 468 g/mol. The van der Waals surface area contributed by atoms with Gasteiger partial charge in [0.15, 0.2) is 11.5 Å². The average molecular weight is 519 g/mol. The van der Waals surface area contributed by atoms with Gasteiger partial charge in [0.1, 0.15) is 0 Å². The van der Waals surface area contributed by atoms with Crippen LogP contribution in [-0.2, 0) is 4.79 Å². The molecule has 1 fully saturated rings. The van der Waals surface area contributed by atoms with Crippen molar-refractivity contribution in [2.75, 3.05) is 26.5 Å². The minimum Gasteiger partial charge on any atom is -0.493 e. The fraction of sp³-hybridized carbons (Fsp3) is 0.700. The predicted octanol–water partition coefficient (Wildman–Crippen LogP) is 7.56. The van der Waals surface area contributed by atoms with Gasteiger partial charge in [0.2, 0.25) is 5.91 Å². The lowest BCUT2D eigenvalue weighted by molar-refractivity contribution is -0.122. The summed E-state index contributed by atoms with van der Waals surface area (Å²) in [6.45, 7) is 3.04. The fourth-order valence-corrected chi connectivity index (χ4v) is 5.77. The smallest absolute Gasteiger partial charge is 0.238 e. The lowest BCUT2D eigenvalue weighted by atomic mass is 10.1. The van der Waals surface area contributed by atoms with Crippen molar-refractivity contribution in [1.29, 1.82) is 0 Å². The van der Waals surface area contributed by atoms with Crippen LogP contribution in [0.1, 0.15) is 108 Å². The van der Waals surface area contributed by atoms with Crippen molar-refractivity contribution in [2.24, 2.45) is 0 Å². The summed E-state index contributed by atoms with van der Waals surface area (Å²) in [5.74, 6) is 2.31. The Labute approximate surface area is 224 Å². The Morgan fingerprint density at radius 2 is 1.53 bits per heavy atom. The largest absolute Gasteiger partial charge is 0.493 e. The third-order valence-corrected chi connectivity index (χ3v) is 8.06. The second kappa shape index (κ2) is 19.5. The molecule has 2 rings (SSSR count). The first-order valence-electron chi connectivity index (χ1n) is 14.2. The number of rotatable bonds is 20. The van der Waals surface area contributed by atoms with Crippen molar-refractivity contribution in [3.05, 3.63) is 35.9 Å². The van der Waals surface area contributed by atoms with E-state index in [1.54, 1.807) is 26.0 Å². The molecule has 36 heavy (non-hydrogen) atoms. The van der Waals surface area contributed by atoms with Crippen molar-refractivity contribution < 1.29 is 14.3 Å². The van der Waals surface area contributed by atoms with E-state index in [9.17, 15) is 4.79 Å². The Hall–Kier alpha value is -1.66. The Morgan fingerprint density at radius 3 is 2.17 bits per heavy atom. The monoisotopic (exact) mass is 518 g/mol. The summed E-state index contributed by atoms with van der Waals surface area (Å²) >= 11 is 1.76. The van der Waals surface area contributed by atoms with E-state index in [-0.39, 0.29) is 17.3 Å². The van der Waals surface area contributed by atoms with Gasteiger partial charge in [0.05, 0.1) is 25.6 Å². The molecule has 0 radical (unpaired) electrons. The van der Waals surface area contributed by atoms with E-state index < -0.39 is 0 Å². The molecule has 0 aromatic heterocycles. The average Bonchev–Trinajstić information content (AvgIpc) is 3.40. The van der Waals surface area contributed by atoms with E-state index >= 15 is 0 Å². The van der Waals surface area contributed by atoms with E-state index in [2.05, 4.69) is 29.7 Å². The highest BCUT2D eigenvalue weighted by Gasteiger charge is 2.30. The first-order chi connectivity index (χ1) is 17.7. The topological polar surface area (TPSA) is 59.6 Å². The van der Waals surface area contributed by atoms with Crippen LogP contribution in [0.4, 0.5) is 0 Å². The van der Waals surface area contributed by atoms with E-state index in [0.717, 1.165) is 24.3 Å². The summed E-state index contributed by atoms with van der Waals surface area (Å²) < 4.78 is 10.7. The molecular formula is C30H50N2O3S. The van der Waals surface area contributed by atoms with Gasteiger partial charge in [-0.25, -0.2) is 0 Å². The molecule has 1 aromatic carbocycles. The highest BCUT2D eigenvalue weighted by Crippen LogP contribution is 2.37. The van der Waals surface area contributed by atoms with Gasteiger partial charge in [-0.2, -0.15) is 0 Å². The summed E-state index contributed by atoms with van der Waals surface area (Å²) in [5.41, 5.74) is 1.10. The Balaban J connectivity index is 1.45. The van der Waals surface area contributed by atoms with Crippen molar-refractivity contribution >= 4 is 17.7 Å². The Kier molecular flexibility index (Phi) is 16.5. The molecule has 1 saturated heterocycles. The minimum absolute atomic E-state index is 0.0881. The van der Waals surface area contributed by atoms with Crippen LogP contribution in [0.2, 0.25) is 0 Å². The van der Waals surface area contributed by atoms with E-state index in [4.69, 9.17) is 9.47 Å². The number of hydrogen-bond donors (Lipinski definition) is 2. The van der Waals surface area contributed by atoms with Gasteiger partial charge < -0.3 is 14.8 Å². The van der Waals surface area contributed by atoms with E-state index in [0.29, 0.717) is 11.5 Å². The quantitative estimate of drug-likeness (QED) is 0.138. The maximum absolute atomic E-state index is 12.6. The standard InChI is InChI=1S/C30H50N2O3S/c1-4-5-6-7-8-9-10-11-12-13-14-15-16-17-18-19-22-31-29(33)26-24-36-30(32-26)25-20-21-27(34-2)28(23-25)35-3/h12-13,20-21,23,26,30,32H,4-11,14-19,22,24H2,1-3H3,(H,31,33)/b13-12-/t26-,30?/m0/s1. The second-order valence-corrected chi connectivity index (χ2v) is 10.9. The summed E-state index contributed by atoms with van der Waals surface area (Å²) in [6, 6.07) is 5.77. The van der Waals surface area contributed by atoms with Crippen molar-refractivity contribution in [2.45, 2.75) is 108 Å². The zero-order valence-electron chi connectivity index (χ0n) is 23.0. The van der Waals surface area contributed by atoms with Crippen LogP contribution in [-0.4, -0.2) is 38.5 Å². The molecule has 0 bridgehead atoms. The molecule has 0 aliphatic carbocycles. The van der Waals surface area contributed by atoms with Crippen LogP contribution in [0.15, 0.2) is 30.4 Å². The molecule has 2 atom stereocenters. The first-order valence-corrected chi connectivity index (χ1v) is 15.3. The number of carbonyl (C=O) groups is 1. The van der Waals surface area contributed by atoms with Crippen LogP contribution in [0, 0.1) is 0 Å². The van der Waals surface area contributed by atoms with Crippen molar-refractivity contribution in [3.8, 4) is 11.5 Å². The Bertz CT molecular complexity index is 756. The fourth-order valence-electron chi connectivity index (χ4n) is 4.54. The van der Waals surface area contributed by atoms with Crippen LogP contribution < -0.4 is 20.1 Å². The zero-order valence-corrected chi connectivity index (χ0v) is 23.8. The van der Waals surface area contributed by atoms with Gasteiger partial charge in [-0.3, -0.25) is 10.1 Å². The van der Waals surface area contributed by atoms with Crippen LogP contribution in [0.3, 0.4) is 0 Å². The molecule has 0 spiro atoms. The van der Waals surface area contributed by atoms with Gasteiger partial charge >= 0.3 is 0 Å². The third kappa shape index (κ3) is 12.1. The SMILES string of the molecule is CCCCCCCCC/C=C\CCCCCCCNC(=O)[C@@H]1CSC(c2ccc(OC)c(OC)c2)N1. The summed E-state index contributed by atoms with van der Waals surface area (Å²) in [6.07, 6.45) is 23.0. The molecule has 2 N–H and O–H groups in total. The third-order valence-electron chi connectivity index (χ3n) is 6.80. The number of carbonyl (C=O) groups excluding carboxylic acids is 1. The second-order valence-electron chi connectivity index (χ2n) is 9.78. The Morgan fingerprint density at radius 1 is 0.917 bits per heavy atom.